The first-order valence-corrected chi connectivity index (χ1v) is 6.01. The van der Waals surface area contributed by atoms with E-state index in [9.17, 15) is 13.6 Å². The van der Waals surface area contributed by atoms with Crippen molar-refractivity contribution < 1.29 is 18.3 Å². The molecule has 6 heteroatoms. The molecular weight excluding hydrogens is 350 g/mol. The molecule has 0 aromatic heterocycles. The van der Waals surface area contributed by atoms with Gasteiger partial charge in [-0.05, 0) is 24.6 Å². The fraction of sp³-hybridized carbons (Fsp3) is 0.300. The lowest BCUT2D eigenvalue weighted by molar-refractivity contribution is -0.116. The molecule has 0 amide bonds. The van der Waals surface area contributed by atoms with Gasteiger partial charge in [-0.3, -0.25) is 4.79 Å². The Kier molecular flexibility index (Phi) is 4.86. The van der Waals surface area contributed by atoms with E-state index >= 15 is 0 Å². The summed E-state index contributed by atoms with van der Waals surface area (Å²) in [5.74, 6) is -0.0166. The highest BCUT2D eigenvalue weighted by Crippen LogP contribution is 2.33. The number of ether oxygens (including phenoxy) is 1. The van der Waals surface area contributed by atoms with Gasteiger partial charge in [0.2, 0.25) is 0 Å². The molecule has 1 aromatic carbocycles. The second-order valence-corrected chi connectivity index (χ2v) is 4.81. The number of carbonyl (C=O) groups excluding carboxylic acids is 1. The number of Topliss-reactive ketones (excluding diaryl/α,β-unsaturated/α-hetero) is 1. The number of halogens is 4. The summed E-state index contributed by atoms with van der Waals surface area (Å²) < 4.78 is 28.6. The molecule has 16 heavy (non-hydrogen) atoms. The summed E-state index contributed by atoms with van der Waals surface area (Å²) in [7, 11) is 0. The molecule has 0 radical (unpaired) electrons. The first-order chi connectivity index (χ1) is 7.41. The van der Waals surface area contributed by atoms with Gasteiger partial charge in [-0.15, -0.1) is 0 Å². The Bertz CT molecular complexity index is 396. The predicted octanol–water partition coefficient (Wildman–Crippen LogP) is 4.08. The van der Waals surface area contributed by atoms with Crippen LogP contribution < -0.4 is 4.74 Å². The van der Waals surface area contributed by atoms with Crippen molar-refractivity contribution in [3.63, 3.8) is 0 Å². The van der Waals surface area contributed by atoms with E-state index in [4.69, 9.17) is 0 Å². The molecule has 0 bridgehead atoms. The monoisotopic (exact) mass is 356 g/mol. The van der Waals surface area contributed by atoms with Crippen molar-refractivity contribution in [2.75, 3.05) is 0 Å². The number of ketones is 1. The van der Waals surface area contributed by atoms with Gasteiger partial charge in [0.25, 0.3) is 0 Å². The number of rotatable bonds is 4. The highest BCUT2D eigenvalue weighted by molar-refractivity contribution is 9.11. The van der Waals surface area contributed by atoms with Gasteiger partial charge in [-0.2, -0.15) is 8.78 Å². The average Bonchev–Trinajstić information content (AvgIpc) is 2.15. The van der Waals surface area contributed by atoms with E-state index in [2.05, 4.69) is 36.6 Å². The van der Waals surface area contributed by atoms with Gasteiger partial charge >= 0.3 is 6.61 Å². The van der Waals surface area contributed by atoms with Crippen molar-refractivity contribution in [2.45, 2.75) is 18.4 Å². The Morgan fingerprint density at radius 3 is 2.50 bits per heavy atom. The van der Waals surface area contributed by atoms with Crippen LogP contribution in [0.5, 0.6) is 5.75 Å². The lowest BCUT2D eigenvalue weighted by Gasteiger charge is -2.11. The fourth-order valence-electron chi connectivity index (χ4n) is 1.11. The highest BCUT2D eigenvalue weighted by Gasteiger charge is 2.16. The third kappa shape index (κ3) is 3.52. The average molecular weight is 358 g/mol. The van der Waals surface area contributed by atoms with Crippen molar-refractivity contribution in [1.29, 1.82) is 0 Å². The summed E-state index contributed by atoms with van der Waals surface area (Å²) in [6, 6.07) is 4.35. The van der Waals surface area contributed by atoms with E-state index in [1.165, 1.54) is 19.1 Å². The zero-order valence-electron chi connectivity index (χ0n) is 8.22. The minimum Gasteiger partial charge on any atom is -0.435 e. The molecule has 1 aromatic rings. The van der Waals surface area contributed by atoms with Crippen LogP contribution in [0, 0.1) is 0 Å². The maximum absolute atomic E-state index is 11.9. The summed E-state index contributed by atoms with van der Waals surface area (Å²) in [5.41, 5.74) is 0.675. The molecule has 0 spiro atoms. The summed E-state index contributed by atoms with van der Waals surface area (Å²) in [6.45, 7) is -1.42. The minimum absolute atomic E-state index is 0.0499. The molecule has 88 valence electrons. The maximum Gasteiger partial charge on any atom is 0.387 e. The molecule has 1 rings (SSSR count). The van der Waals surface area contributed by atoms with Gasteiger partial charge in [0.05, 0.1) is 4.83 Å². The van der Waals surface area contributed by atoms with Crippen LogP contribution in [0.25, 0.3) is 0 Å². The molecule has 0 N–H and O–H groups in total. The summed E-state index contributed by atoms with van der Waals surface area (Å²) in [4.78, 5) is 10.7. The van der Waals surface area contributed by atoms with Gasteiger partial charge in [-0.1, -0.05) is 37.9 Å². The van der Waals surface area contributed by atoms with Crippen LogP contribution in [0.3, 0.4) is 0 Å². The Hall–Kier alpha value is -0.490. The highest BCUT2D eigenvalue weighted by atomic mass is 79.9. The van der Waals surface area contributed by atoms with Crippen LogP contribution in [0.4, 0.5) is 8.78 Å². The van der Waals surface area contributed by atoms with E-state index in [1.807, 2.05) is 0 Å². The van der Waals surface area contributed by atoms with E-state index in [0.717, 1.165) is 0 Å². The van der Waals surface area contributed by atoms with Crippen LogP contribution in [0.2, 0.25) is 0 Å². The van der Waals surface area contributed by atoms with E-state index in [-0.39, 0.29) is 11.5 Å². The zero-order chi connectivity index (χ0) is 12.3. The molecule has 1 unspecified atom stereocenters. The standard InChI is InChI=1S/C10H8Br2F2O2/c1-5(15)9(12)7-3-2-6(4-8(7)11)16-10(13)14/h2-4,9-10H,1H3. The smallest absolute Gasteiger partial charge is 0.387 e. The number of alkyl halides is 3. The third-order valence-electron chi connectivity index (χ3n) is 1.83. The third-order valence-corrected chi connectivity index (χ3v) is 3.65. The van der Waals surface area contributed by atoms with Crippen molar-refractivity contribution >= 4 is 37.6 Å². The van der Waals surface area contributed by atoms with E-state index in [1.54, 1.807) is 6.07 Å². The van der Waals surface area contributed by atoms with E-state index < -0.39 is 11.4 Å². The van der Waals surface area contributed by atoms with Crippen molar-refractivity contribution in [3.05, 3.63) is 28.2 Å². The second-order valence-electron chi connectivity index (χ2n) is 3.04. The lowest BCUT2D eigenvalue weighted by atomic mass is 10.1. The molecule has 0 aliphatic carbocycles. The van der Waals surface area contributed by atoms with Gasteiger partial charge < -0.3 is 4.74 Å². The first-order valence-electron chi connectivity index (χ1n) is 4.30. The SMILES string of the molecule is CC(=O)C(Br)c1ccc(OC(F)F)cc1Br. The van der Waals surface area contributed by atoms with Gasteiger partial charge in [0.1, 0.15) is 11.5 Å². The Labute approximate surface area is 108 Å². The normalized spacial score (nSPS) is 12.6. The van der Waals surface area contributed by atoms with Gasteiger partial charge in [-0.25, -0.2) is 0 Å². The number of hydrogen-bond donors (Lipinski definition) is 0. The number of hydrogen-bond acceptors (Lipinski definition) is 2. The Balaban J connectivity index is 2.95. The predicted molar refractivity (Wildman–Crippen MR) is 63.1 cm³/mol. The second kappa shape index (κ2) is 5.72. The summed E-state index contributed by atoms with van der Waals surface area (Å²) >= 11 is 6.41. The van der Waals surface area contributed by atoms with Crippen LogP contribution in [-0.2, 0) is 4.79 Å². The van der Waals surface area contributed by atoms with Gasteiger partial charge in [0.15, 0.2) is 0 Å². The lowest BCUT2D eigenvalue weighted by Crippen LogP contribution is -2.04. The first kappa shape index (κ1) is 13.6. The Morgan fingerprint density at radius 2 is 2.06 bits per heavy atom. The molecule has 0 aliphatic rings. The minimum atomic E-state index is -2.86. The topological polar surface area (TPSA) is 26.3 Å². The van der Waals surface area contributed by atoms with Crippen molar-refractivity contribution in [3.8, 4) is 5.75 Å². The van der Waals surface area contributed by atoms with Crippen LogP contribution in [-0.4, -0.2) is 12.4 Å². The molecular formula is C10H8Br2F2O2. The van der Waals surface area contributed by atoms with Crippen LogP contribution >= 0.6 is 31.9 Å². The fourth-order valence-corrected chi connectivity index (χ4v) is 2.40. The maximum atomic E-state index is 11.9. The zero-order valence-corrected chi connectivity index (χ0v) is 11.4. The van der Waals surface area contributed by atoms with E-state index in [0.29, 0.717) is 10.0 Å². The molecule has 0 aliphatic heterocycles. The van der Waals surface area contributed by atoms with Crippen molar-refractivity contribution in [1.82, 2.24) is 0 Å². The molecule has 0 saturated carbocycles. The quantitative estimate of drug-likeness (QED) is 0.759. The van der Waals surface area contributed by atoms with Crippen molar-refractivity contribution in [2.24, 2.45) is 0 Å². The molecule has 0 saturated heterocycles. The summed E-state index contributed by atoms with van der Waals surface area (Å²) in [5, 5.41) is 0. The molecule has 2 nitrogen and oxygen atoms in total. The van der Waals surface area contributed by atoms with Gasteiger partial charge in [0, 0.05) is 4.47 Å². The number of benzene rings is 1. The number of carbonyl (C=O) groups is 1. The van der Waals surface area contributed by atoms with Crippen LogP contribution in [0.1, 0.15) is 17.3 Å². The Morgan fingerprint density at radius 1 is 1.44 bits per heavy atom. The molecule has 1 atom stereocenters. The largest absolute Gasteiger partial charge is 0.435 e. The molecule has 0 fully saturated rings. The van der Waals surface area contributed by atoms with Crippen LogP contribution in [0.15, 0.2) is 22.7 Å². The molecule has 0 heterocycles. The summed E-state index contributed by atoms with van der Waals surface area (Å²) in [6.07, 6.45) is 0.